The lowest BCUT2D eigenvalue weighted by molar-refractivity contribution is 0.593. The third kappa shape index (κ3) is 2.85. The number of nitrogens with one attached hydrogen (secondary N) is 1. The molecule has 1 aromatic heterocycles. The minimum Gasteiger partial charge on any atom is -0.388 e. The maximum absolute atomic E-state index is 12.9. The number of aromatic nitrogens is 1. The number of hydrogen-bond donors (Lipinski definition) is 1. The molecule has 1 heterocycles. The molecule has 1 aromatic carbocycles. The molecule has 0 radical (unpaired) electrons. The lowest BCUT2D eigenvalue weighted by Crippen LogP contribution is -2.28. The Labute approximate surface area is 125 Å². The van der Waals surface area contributed by atoms with Gasteiger partial charge in [0.05, 0.1) is 10.6 Å². The maximum Gasteiger partial charge on any atom is 0.264 e. The summed E-state index contributed by atoms with van der Waals surface area (Å²) in [5.74, 6) is 0. The van der Waals surface area contributed by atoms with Crippen molar-refractivity contribution in [2.24, 2.45) is 0 Å². The number of sulfonamides is 1. The highest BCUT2D eigenvalue weighted by Crippen LogP contribution is 2.28. The van der Waals surface area contributed by atoms with Crippen LogP contribution < -0.4 is 9.62 Å². The van der Waals surface area contributed by atoms with E-state index in [0.717, 1.165) is 16.8 Å². The van der Waals surface area contributed by atoms with Crippen LogP contribution in [0.2, 0.25) is 0 Å². The van der Waals surface area contributed by atoms with Gasteiger partial charge in [-0.25, -0.2) is 8.42 Å². The summed E-state index contributed by atoms with van der Waals surface area (Å²) in [4.78, 5) is 4.26. The van der Waals surface area contributed by atoms with Gasteiger partial charge in [0.2, 0.25) is 0 Å². The van der Waals surface area contributed by atoms with Gasteiger partial charge in [-0.3, -0.25) is 9.29 Å². The zero-order chi connectivity index (χ0) is 15.6. The summed E-state index contributed by atoms with van der Waals surface area (Å²) in [6.45, 7) is 3.61. The lowest BCUT2D eigenvalue weighted by Gasteiger charge is -2.22. The van der Waals surface area contributed by atoms with Crippen molar-refractivity contribution in [1.29, 1.82) is 0 Å². The van der Waals surface area contributed by atoms with Gasteiger partial charge in [-0.15, -0.1) is 0 Å². The van der Waals surface area contributed by atoms with Crippen LogP contribution in [0.5, 0.6) is 0 Å². The van der Waals surface area contributed by atoms with Crippen LogP contribution in [0.3, 0.4) is 0 Å². The third-order valence-corrected chi connectivity index (χ3v) is 5.49. The number of pyridine rings is 1. The van der Waals surface area contributed by atoms with Gasteiger partial charge in [0.25, 0.3) is 10.0 Å². The van der Waals surface area contributed by atoms with E-state index in [9.17, 15) is 8.42 Å². The molecular weight excluding hydrogens is 286 g/mol. The van der Waals surface area contributed by atoms with Gasteiger partial charge in [0.1, 0.15) is 0 Å². The normalized spacial score (nSPS) is 11.2. The minimum absolute atomic E-state index is 0.348. The SMILES string of the molecule is CNc1cc(C)c(S(=O)(=O)N(C)c2ccncc2)c(C)c1. The first-order valence-electron chi connectivity index (χ1n) is 6.56. The maximum atomic E-state index is 12.9. The summed E-state index contributed by atoms with van der Waals surface area (Å²) in [6.07, 6.45) is 3.15. The lowest BCUT2D eigenvalue weighted by atomic mass is 10.1. The monoisotopic (exact) mass is 305 g/mol. The molecule has 0 saturated heterocycles. The van der Waals surface area contributed by atoms with Crippen LogP contribution in [0.1, 0.15) is 11.1 Å². The van der Waals surface area contributed by atoms with Gasteiger partial charge in [0, 0.05) is 32.2 Å². The predicted molar refractivity (Wildman–Crippen MR) is 85.3 cm³/mol. The number of hydrogen-bond acceptors (Lipinski definition) is 4. The van der Waals surface area contributed by atoms with E-state index in [1.165, 1.54) is 4.31 Å². The number of anilines is 2. The second-order valence-electron chi connectivity index (χ2n) is 4.87. The Morgan fingerprint density at radius 3 is 2.10 bits per heavy atom. The molecule has 0 aliphatic heterocycles. The fraction of sp³-hybridized carbons (Fsp3) is 0.267. The Bertz CT molecular complexity index is 720. The summed E-state index contributed by atoms with van der Waals surface area (Å²) in [7, 11) is -0.238. The second kappa shape index (κ2) is 5.73. The van der Waals surface area contributed by atoms with Crippen LogP contribution in [0, 0.1) is 13.8 Å². The van der Waals surface area contributed by atoms with Crippen LogP contribution in [-0.2, 0) is 10.0 Å². The molecule has 0 bridgehead atoms. The molecule has 21 heavy (non-hydrogen) atoms. The van der Waals surface area contributed by atoms with Crippen molar-refractivity contribution in [3.8, 4) is 0 Å². The van der Waals surface area contributed by atoms with Gasteiger partial charge < -0.3 is 5.32 Å². The van der Waals surface area contributed by atoms with Crippen molar-refractivity contribution in [2.75, 3.05) is 23.7 Å². The first kappa shape index (κ1) is 15.3. The van der Waals surface area contributed by atoms with Crippen LogP contribution in [0.4, 0.5) is 11.4 Å². The number of rotatable bonds is 4. The Balaban J connectivity index is 2.55. The summed E-state index contributed by atoms with van der Waals surface area (Å²) in [5.41, 5.74) is 2.93. The quantitative estimate of drug-likeness (QED) is 0.943. The summed E-state index contributed by atoms with van der Waals surface area (Å²) < 4.78 is 27.0. The molecule has 0 atom stereocenters. The van der Waals surface area contributed by atoms with Gasteiger partial charge in [-0.05, 0) is 49.2 Å². The molecule has 6 heteroatoms. The van der Waals surface area contributed by atoms with Crippen molar-refractivity contribution in [1.82, 2.24) is 4.98 Å². The average Bonchev–Trinajstić information content (AvgIpc) is 2.46. The zero-order valence-electron chi connectivity index (χ0n) is 12.6. The Kier molecular flexibility index (Phi) is 4.18. The highest BCUT2D eigenvalue weighted by Gasteiger charge is 2.25. The highest BCUT2D eigenvalue weighted by molar-refractivity contribution is 7.92. The van der Waals surface area contributed by atoms with Crippen molar-refractivity contribution in [3.05, 3.63) is 47.8 Å². The van der Waals surface area contributed by atoms with E-state index in [1.54, 1.807) is 45.4 Å². The van der Waals surface area contributed by atoms with Crippen molar-refractivity contribution >= 4 is 21.4 Å². The van der Waals surface area contributed by atoms with Gasteiger partial charge >= 0.3 is 0 Å². The van der Waals surface area contributed by atoms with Gasteiger partial charge in [-0.2, -0.15) is 0 Å². The topological polar surface area (TPSA) is 62.3 Å². The largest absolute Gasteiger partial charge is 0.388 e. The molecule has 0 amide bonds. The van der Waals surface area contributed by atoms with Gasteiger partial charge in [-0.1, -0.05) is 0 Å². The van der Waals surface area contributed by atoms with Crippen molar-refractivity contribution < 1.29 is 8.42 Å². The molecule has 0 spiro atoms. The van der Waals surface area contributed by atoms with Crippen molar-refractivity contribution in [2.45, 2.75) is 18.7 Å². The summed E-state index contributed by atoms with van der Waals surface area (Å²) in [6, 6.07) is 7.01. The number of nitrogens with zero attached hydrogens (tertiary/aromatic N) is 2. The van der Waals surface area contributed by atoms with Crippen LogP contribution in [-0.4, -0.2) is 27.5 Å². The van der Waals surface area contributed by atoms with Crippen LogP contribution >= 0.6 is 0 Å². The summed E-state index contributed by atoms with van der Waals surface area (Å²) >= 11 is 0. The molecule has 0 unspecified atom stereocenters. The van der Waals surface area contributed by atoms with E-state index in [4.69, 9.17) is 0 Å². The van der Waals surface area contributed by atoms with Crippen LogP contribution in [0.15, 0.2) is 41.6 Å². The molecule has 112 valence electrons. The fourth-order valence-corrected chi connectivity index (χ4v) is 3.94. The van der Waals surface area contributed by atoms with Gasteiger partial charge in [0.15, 0.2) is 0 Å². The third-order valence-electron chi connectivity index (χ3n) is 3.39. The molecular formula is C15H19N3O2S. The Morgan fingerprint density at radius 1 is 1.10 bits per heavy atom. The summed E-state index contributed by atoms with van der Waals surface area (Å²) in [5, 5.41) is 3.03. The fourth-order valence-electron chi connectivity index (χ4n) is 2.33. The molecule has 0 saturated carbocycles. The first-order chi connectivity index (χ1) is 9.87. The average molecular weight is 305 g/mol. The number of aryl methyl sites for hydroxylation is 2. The van der Waals surface area contributed by atoms with E-state index in [1.807, 2.05) is 19.2 Å². The van der Waals surface area contributed by atoms with Crippen molar-refractivity contribution in [3.63, 3.8) is 0 Å². The minimum atomic E-state index is -3.60. The highest BCUT2D eigenvalue weighted by atomic mass is 32.2. The molecule has 2 aromatic rings. The molecule has 1 N–H and O–H groups in total. The van der Waals surface area contributed by atoms with E-state index in [-0.39, 0.29) is 0 Å². The van der Waals surface area contributed by atoms with E-state index in [2.05, 4.69) is 10.3 Å². The number of benzene rings is 1. The Morgan fingerprint density at radius 2 is 1.62 bits per heavy atom. The second-order valence-corrected chi connectivity index (χ2v) is 6.77. The molecule has 2 rings (SSSR count). The first-order valence-corrected chi connectivity index (χ1v) is 8.00. The molecule has 5 nitrogen and oxygen atoms in total. The molecule has 0 fully saturated rings. The predicted octanol–water partition coefficient (Wildman–Crippen LogP) is 2.57. The Hall–Kier alpha value is -2.08. The molecule has 0 aliphatic carbocycles. The van der Waals surface area contributed by atoms with Crippen LogP contribution in [0.25, 0.3) is 0 Å². The van der Waals surface area contributed by atoms with E-state index >= 15 is 0 Å². The smallest absolute Gasteiger partial charge is 0.264 e. The standard InChI is InChI=1S/C15H19N3O2S/c1-11-9-13(16-3)10-12(2)15(11)21(19,20)18(4)14-5-7-17-8-6-14/h5-10,16H,1-4H3. The molecule has 0 aliphatic rings. The van der Waals surface area contributed by atoms with E-state index in [0.29, 0.717) is 10.6 Å². The zero-order valence-corrected chi connectivity index (χ0v) is 13.4. The van der Waals surface area contributed by atoms with E-state index < -0.39 is 10.0 Å².